The molecule has 0 amide bonds. The highest BCUT2D eigenvalue weighted by atomic mass is 35.5. The van der Waals surface area contributed by atoms with Gasteiger partial charge in [-0.2, -0.15) is 10.2 Å². The fourth-order valence-electron chi connectivity index (χ4n) is 2.68. The minimum Gasteiger partial charge on any atom is -0.496 e. The van der Waals surface area contributed by atoms with E-state index >= 15 is 0 Å². The van der Waals surface area contributed by atoms with Crippen LogP contribution in [-0.4, -0.2) is 32.5 Å². The quantitative estimate of drug-likeness (QED) is 0.470. The summed E-state index contributed by atoms with van der Waals surface area (Å²) in [6.07, 6.45) is 8.31. The van der Waals surface area contributed by atoms with Crippen molar-refractivity contribution in [2.24, 2.45) is 0 Å². The second-order valence-electron chi connectivity index (χ2n) is 5.66. The van der Waals surface area contributed by atoms with E-state index in [4.69, 9.17) is 16.3 Å². The van der Waals surface area contributed by atoms with Gasteiger partial charge in [0.25, 0.3) is 0 Å². The van der Waals surface area contributed by atoms with Gasteiger partial charge >= 0.3 is 0 Å². The minimum atomic E-state index is -0.0828. The zero-order valence-electron chi connectivity index (χ0n) is 14.6. The van der Waals surface area contributed by atoms with E-state index in [1.807, 2.05) is 25.1 Å². The molecular formula is C19H19ClN4O2. The molecule has 0 unspecified atom stereocenters. The largest absolute Gasteiger partial charge is 0.496 e. The molecule has 0 fully saturated rings. The van der Waals surface area contributed by atoms with Gasteiger partial charge < -0.3 is 4.74 Å². The maximum absolute atomic E-state index is 12.4. The molecular weight excluding hydrogens is 352 g/mol. The highest BCUT2D eigenvalue weighted by Gasteiger charge is 2.09. The van der Waals surface area contributed by atoms with E-state index in [0.717, 1.165) is 16.9 Å². The Labute approximate surface area is 156 Å². The minimum absolute atomic E-state index is 0.0828. The summed E-state index contributed by atoms with van der Waals surface area (Å²) in [4.78, 5) is 12.4. The van der Waals surface area contributed by atoms with Crippen LogP contribution >= 0.6 is 11.6 Å². The van der Waals surface area contributed by atoms with Crippen molar-refractivity contribution in [3.8, 4) is 5.75 Å². The van der Waals surface area contributed by atoms with Gasteiger partial charge in [0.2, 0.25) is 5.78 Å². The first-order valence-electron chi connectivity index (χ1n) is 8.19. The summed E-state index contributed by atoms with van der Waals surface area (Å²) in [6, 6.07) is 7.46. The number of methoxy groups -OCH3 is 1. The van der Waals surface area contributed by atoms with Crippen molar-refractivity contribution in [2.45, 2.75) is 20.0 Å². The molecule has 0 saturated carbocycles. The number of aromatic nitrogens is 4. The number of ketones is 1. The number of carbonyl (C=O) groups is 1. The predicted octanol–water partition coefficient (Wildman–Crippen LogP) is 3.71. The van der Waals surface area contributed by atoms with Gasteiger partial charge in [0.05, 0.1) is 24.9 Å². The molecule has 0 aliphatic carbocycles. The van der Waals surface area contributed by atoms with Crippen LogP contribution in [-0.2, 0) is 13.1 Å². The van der Waals surface area contributed by atoms with Crippen LogP contribution in [0.25, 0.3) is 6.08 Å². The lowest BCUT2D eigenvalue weighted by atomic mass is 10.1. The molecule has 0 aliphatic rings. The van der Waals surface area contributed by atoms with E-state index in [0.29, 0.717) is 23.8 Å². The molecule has 1 aromatic carbocycles. The molecule has 0 radical (unpaired) electrons. The summed E-state index contributed by atoms with van der Waals surface area (Å²) in [7, 11) is 1.62. The Kier molecular flexibility index (Phi) is 5.53. The topological polar surface area (TPSA) is 61.9 Å². The van der Waals surface area contributed by atoms with Crippen molar-refractivity contribution < 1.29 is 9.53 Å². The average molecular weight is 371 g/mol. The lowest BCUT2D eigenvalue weighted by molar-refractivity contribution is 0.103. The van der Waals surface area contributed by atoms with Crippen LogP contribution in [0.5, 0.6) is 5.75 Å². The summed E-state index contributed by atoms with van der Waals surface area (Å²) in [5, 5.41) is 8.89. The van der Waals surface area contributed by atoms with Crippen molar-refractivity contribution in [1.82, 2.24) is 19.6 Å². The highest BCUT2D eigenvalue weighted by molar-refractivity contribution is 6.30. The van der Waals surface area contributed by atoms with E-state index in [-0.39, 0.29) is 5.78 Å². The zero-order chi connectivity index (χ0) is 18.5. The Morgan fingerprint density at radius 1 is 1.31 bits per heavy atom. The first-order valence-corrected chi connectivity index (χ1v) is 8.57. The highest BCUT2D eigenvalue weighted by Crippen LogP contribution is 2.22. The second-order valence-corrected chi connectivity index (χ2v) is 6.09. The van der Waals surface area contributed by atoms with E-state index in [9.17, 15) is 4.79 Å². The van der Waals surface area contributed by atoms with Crippen molar-refractivity contribution in [2.75, 3.05) is 7.11 Å². The van der Waals surface area contributed by atoms with Crippen molar-refractivity contribution in [3.05, 3.63) is 70.8 Å². The molecule has 6 nitrogen and oxygen atoms in total. The monoisotopic (exact) mass is 370 g/mol. The van der Waals surface area contributed by atoms with Crippen molar-refractivity contribution >= 4 is 23.5 Å². The third-order valence-corrected chi connectivity index (χ3v) is 4.13. The number of nitrogens with zero attached hydrogens (tertiary/aromatic N) is 4. The first-order chi connectivity index (χ1) is 12.6. The van der Waals surface area contributed by atoms with Crippen LogP contribution < -0.4 is 4.74 Å². The lowest BCUT2D eigenvalue weighted by Crippen LogP contribution is -2.07. The fourth-order valence-corrected chi connectivity index (χ4v) is 2.83. The molecule has 26 heavy (non-hydrogen) atoms. The number of halogens is 1. The molecule has 7 heteroatoms. The summed E-state index contributed by atoms with van der Waals surface area (Å²) >= 11 is 5.92. The smallest absolute Gasteiger partial charge is 0.203 e. The normalized spacial score (nSPS) is 11.2. The fraction of sp³-hybridized carbons (Fsp3) is 0.211. The summed E-state index contributed by atoms with van der Waals surface area (Å²) in [5.74, 6) is 0.671. The maximum Gasteiger partial charge on any atom is 0.203 e. The molecule has 0 aliphatic heterocycles. The van der Waals surface area contributed by atoms with E-state index in [1.165, 1.54) is 0 Å². The Balaban J connectivity index is 1.81. The Morgan fingerprint density at radius 2 is 2.15 bits per heavy atom. The number of aryl methyl sites for hydroxylation is 1. The van der Waals surface area contributed by atoms with E-state index < -0.39 is 0 Å². The molecule has 0 atom stereocenters. The first kappa shape index (κ1) is 17.9. The van der Waals surface area contributed by atoms with Crippen LogP contribution in [0, 0.1) is 0 Å². The lowest BCUT2D eigenvalue weighted by Gasteiger charge is -2.09. The summed E-state index contributed by atoms with van der Waals surface area (Å²) in [6.45, 7) is 3.12. The van der Waals surface area contributed by atoms with Gasteiger partial charge in [0.1, 0.15) is 11.4 Å². The molecule has 3 rings (SSSR count). The van der Waals surface area contributed by atoms with Gasteiger partial charge in [-0.3, -0.25) is 14.2 Å². The number of allylic oxidation sites excluding steroid dienone is 1. The van der Waals surface area contributed by atoms with Crippen LogP contribution in [0.4, 0.5) is 0 Å². The number of hydrogen-bond donors (Lipinski definition) is 0. The number of benzene rings is 1. The van der Waals surface area contributed by atoms with Crippen LogP contribution in [0.3, 0.4) is 0 Å². The summed E-state index contributed by atoms with van der Waals surface area (Å²) in [5.41, 5.74) is 2.42. The van der Waals surface area contributed by atoms with Gasteiger partial charge in [0, 0.05) is 24.5 Å². The number of ether oxygens (including phenoxy) is 1. The van der Waals surface area contributed by atoms with Crippen LogP contribution in [0.1, 0.15) is 28.5 Å². The van der Waals surface area contributed by atoms with E-state index in [2.05, 4.69) is 10.2 Å². The van der Waals surface area contributed by atoms with Crippen molar-refractivity contribution in [3.63, 3.8) is 0 Å². The molecule has 3 aromatic rings. The molecule has 0 N–H and O–H groups in total. The van der Waals surface area contributed by atoms with Gasteiger partial charge in [-0.1, -0.05) is 23.7 Å². The van der Waals surface area contributed by atoms with Crippen molar-refractivity contribution in [1.29, 1.82) is 0 Å². The third kappa shape index (κ3) is 4.03. The number of rotatable bonds is 7. The Bertz CT molecular complexity index is 943. The van der Waals surface area contributed by atoms with E-state index in [1.54, 1.807) is 53.3 Å². The standard InChI is InChI=1S/C19H19ClN4O2/c1-3-24-17(8-9-21-24)18(25)6-4-14-5-7-19(26-2)15(10-14)12-23-13-16(20)11-22-23/h4-11,13H,3,12H2,1-2H3. The van der Waals surface area contributed by atoms with Gasteiger partial charge in [-0.05, 0) is 36.8 Å². The van der Waals surface area contributed by atoms with Gasteiger partial charge in [-0.25, -0.2) is 0 Å². The zero-order valence-corrected chi connectivity index (χ0v) is 15.3. The average Bonchev–Trinajstić information content (AvgIpc) is 3.28. The van der Waals surface area contributed by atoms with Crippen LogP contribution in [0.2, 0.25) is 5.02 Å². The SMILES string of the molecule is CCn1nccc1C(=O)C=Cc1ccc(OC)c(Cn2cc(Cl)cn2)c1. The number of carbonyl (C=O) groups excluding carboxylic acids is 1. The maximum atomic E-state index is 12.4. The number of hydrogen-bond acceptors (Lipinski definition) is 4. The van der Waals surface area contributed by atoms with Gasteiger partial charge in [0.15, 0.2) is 0 Å². The Morgan fingerprint density at radius 3 is 2.85 bits per heavy atom. The second kappa shape index (κ2) is 8.01. The molecule has 0 saturated heterocycles. The summed E-state index contributed by atoms with van der Waals surface area (Å²) < 4.78 is 8.83. The van der Waals surface area contributed by atoms with Gasteiger partial charge in [-0.15, -0.1) is 0 Å². The molecule has 0 bridgehead atoms. The predicted molar refractivity (Wildman–Crippen MR) is 101 cm³/mol. The molecule has 0 spiro atoms. The molecule has 2 aromatic heterocycles. The third-order valence-electron chi connectivity index (χ3n) is 3.93. The Hall–Kier alpha value is -2.86. The van der Waals surface area contributed by atoms with Crippen LogP contribution in [0.15, 0.2) is 48.9 Å². The molecule has 2 heterocycles. The molecule has 134 valence electrons.